The molecule has 0 aliphatic carbocycles. The summed E-state index contributed by atoms with van der Waals surface area (Å²) in [6, 6.07) is 8.72. The predicted molar refractivity (Wildman–Crippen MR) is 104 cm³/mol. The number of hydrazone groups is 1. The van der Waals surface area contributed by atoms with Crippen LogP contribution in [0.2, 0.25) is 10.0 Å². The van der Waals surface area contributed by atoms with Gasteiger partial charge in [0, 0.05) is 10.6 Å². The van der Waals surface area contributed by atoms with Crippen LogP contribution in [0.5, 0.6) is 5.75 Å². The highest BCUT2D eigenvalue weighted by atomic mass is 35.5. The van der Waals surface area contributed by atoms with Crippen LogP contribution in [0.1, 0.15) is 11.1 Å². The maximum absolute atomic E-state index is 10.9. The van der Waals surface area contributed by atoms with Gasteiger partial charge >= 0.3 is 5.96 Å². The fourth-order valence-electron chi connectivity index (χ4n) is 1.58. The molecule has 2 aromatic carbocycles. The predicted octanol–water partition coefficient (Wildman–Crippen LogP) is 2.06. The fraction of sp³-hybridized carbons (Fsp3) is 0.0667. The van der Waals surface area contributed by atoms with Crippen molar-refractivity contribution >= 4 is 45.5 Å². The zero-order valence-corrected chi connectivity index (χ0v) is 16.2. The number of phenols is 1. The van der Waals surface area contributed by atoms with Gasteiger partial charge in [0.1, 0.15) is 5.75 Å². The molecule has 146 valence electrons. The van der Waals surface area contributed by atoms with Crippen molar-refractivity contribution in [2.75, 3.05) is 0 Å². The average molecular weight is 435 g/mol. The van der Waals surface area contributed by atoms with Crippen molar-refractivity contribution in [3.05, 3.63) is 62.8 Å². The normalized spacial score (nSPS) is 11.0. The van der Waals surface area contributed by atoms with E-state index in [9.17, 15) is 18.7 Å². The van der Waals surface area contributed by atoms with E-state index >= 15 is 0 Å². The molecule has 0 aliphatic heterocycles. The molecule has 0 amide bonds. The molecule has 0 unspecified atom stereocenters. The number of rotatable bonds is 3. The first-order valence-electron chi connectivity index (χ1n) is 7.03. The molecule has 2 rings (SSSR count). The summed E-state index contributed by atoms with van der Waals surface area (Å²) in [5, 5.41) is 24.1. The number of nitrogens with zero attached hydrogens (tertiary/aromatic N) is 2. The summed E-state index contributed by atoms with van der Waals surface area (Å²) in [4.78, 5) is -0.0723. The van der Waals surface area contributed by atoms with Crippen molar-refractivity contribution in [1.82, 2.24) is 0 Å². The van der Waals surface area contributed by atoms with Crippen LogP contribution < -0.4 is 11.5 Å². The number of benzene rings is 2. The molecule has 0 heterocycles. The van der Waals surface area contributed by atoms with Crippen LogP contribution in [0.15, 0.2) is 46.4 Å². The van der Waals surface area contributed by atoms with Gasteiger partial charge in [0.2, 0.25) is 0 Å². The molecule has 12 heteroatoms. The molecule has 9 nitrogen and oxygen atoms in total. The van der Waals surface area contributed by atoms with Gasteiger partial charge in [-0.05, 0) is 31.2 Å². The number of phenolic OH excluding ortho intramolecular Hbond substituents is 1. The van der Waals surface area contributed by atoms with E-state index in [1.165, 1.54) is 24.3 Å². The minimum Gasteiger partial charge on any atom is -0.722 e. The number of aromatic hydroxyl groups is 1. The van der Waals surface area contributed by atoms with Gasteiger partial charge in [-0.25, -0.2) is 0 Å². The van der Waals surface area contributed by atoms with Crippen LogP contribution >= 0.6 is 23.2 Å². The van der Waals surface area contributed by atoms with Crippen molar-refractivity contribution in [3.63, 3.8) is 0 Å². The number of hydrogen-bond acceptors (Lipinski definition) is 5. The Hall–Kier alpha value is -2.53. The van der Waals surface area contributed by atoms with Gasteiger partial charge in [-0.1, -0.05) is 40.9 Å². The van der Waals surface area contributed by atoms with E-state index in [2.05, 4.69) is 5.10 Å². The molecule has 27 heavy (non-hydrogen) atoms. The Morgan fingerprint density at radius 2 is 1.78 bits per heavy atom. The molecule has 2 aromatic rings. The Morgan fingerprint density at radius 3 is 2.26 bits per heavy atom. The Kier molecular flexibility index (Phi) is 7.85. The first-order chi connectivity index (χ1) is 12.4. The maximum Gasteiger partial charge on any atom is 0.366 e. The molecular weight excluding hydrogens is 419 g/mol. The first kappa shape index (κ1) is 22.5. The Morgan fingerprint density at radius 1 is 1.22 bits per heavy atom. The smallest absolute Gasteiger partial charge is 0.366 e. The topological polar surface area (TPSA) is 165 Å². The zero-order chi connectivity index (χ0) is 20.8. The number of aryl methyl sites for hydroxylation is 1. The van der Waals surface area contributed by atoms with Crippen molar-refractivity contribution in [2.45, 2.75) is 11.8 Å². The largest absolute Gasteiger partial charge is 0.722 e. The minimum absolute atomic E-state index is 0.00570. The molecule has 0 spiro atoms. The van der Waals surface area contributed by atoms with E-state index in [4.69, 9.17) is 39.2 Å². The number of hydrogen-bond donors (Lipinski definition) is 4. The fourth-order valence-corrected chi connectivity index (χ4v) is 2.57. The lowest BCUT2D eigenvalue weighted by molar-refractivity contribution is -0.463. The third kappa shape index (κ3) is 7.31. The second-order valence-corrected chi connectivity index (χ2v) is 7.32. The second-order valence-electron chi connectivity index (χ2n) is 5.06. The standard InChI is InChI=1S/C8H8Cl2N4O2.C7H8O3S/c9-5-1-4(7(15)6(10)2-5)3-13-14(16)8(11)12;1-6-2-4-7(5-3-6)11(8,9)10/h1-3,15H,11-12H2;2-5H,1H3,(H,8,9,10)/b13-3+;. The molecule has 0 aromatic heterocycles. The molecule has 0 atom stereocenters. The number of guanidine groups is 1. The molecule has 0 fully saturated rings. The summed E-state index contributed by atoms with van der Waals surface area (Å²) in [6.07, 6.45) is 1.04. The van der Waals surface area contributed by atoms with E-state index in [0.29, 0.717) is 5.02 Å². The highest BCUT2D eigenvalue weighted by Crippen LogP contribution is 2.29. The SMILES string of the molecule is Cc1ccc(S(=O)(=O)O)cc1.NC(N)=[N+]([O-])/N=C/c1cc(Cl)cc(Cl)c1O. The summed E-state index contributed by atoms with van der Waals surface area (Å²) in [5.41, 5.74) is 11.1. The highest BCUT2D eigenvalue weighted by Gasteiger charge is 2.07. The highest BCUT2D eigenvalue weighted by molar-refractivity contribution is 7.85. The number of nitrogens with two attached hydrogens (primary N) is 2. The van der Waals surface area contributed by atoms with Crippen molar-refractivity contribution in [2.24, 2.45) is 16.6 Å². The summed E-state index contributed by atoms with van der Waals surface area (Å²) in [6.45, 7) is 1.84. The van der Waals surface area contributed by atoms with Crippen LogP contribution in [0, 0.1) is 12.1 Å². The molecule has 0 radical (unpaired) electrons. The summed E-state index contributed by atoms with van der Waals surface area (Å²) in [7, 11) is -4.02. The van der Waals surface area contributed by atoms with E-state index in [1.54, 1.807) is 12.1 Å². The molecule has 0 saturated carbocycles. The lowest BCUT2D eigenvalue weighted by atomic mass is 10.2. The molecule has 6 N–H and O–H groups in total. The monoisotopic (exact) mass is 434 g/mol. The molecule has 0 saturated heterocycles. The second kappa shape index (κ2) is 9.42. The van der Waals surface area contributed by atoms with E-state index in [-0.39, 0.29) is 26.1 Å². The van der Waals surface area contributed by atoms with Gasteiger partial charge in [0.15, 0.2) is 0 Å². The van der Waals surface area contributed by atoms with Gasteiger partial charge in [-0.3, -0.25) is 16.0 Å². The van der Waals surface area contributed by atoms with E-state index in [1.807, 2.05) is 6.92 Å². The minimum atomic E-state index is -4.02. The lowest BCUT2D eigenvalue weighted by Crippen LogP contribution is -2.30. The van der Waals surface area contributed by atoms with Gasteiger partial charge in [0.05, 0.1) is 16.1 Å². The Bertz CT molecular complexity index is 972. The summed E-state index contributed by atoms with van der Waals surface area (Å²) >= 11 is 11.4. The van der Waals surface area contributed by atoms with Crippen molar-refractivity contribution < 1.29 is 22.9 Å². The average Bonchev–Trinajstić information content (AvgIpc) is 2.56. The lowest BCUT2D eigenvalue weighted by Gasteiger charge is -2.04. The summed E-state index contributed by atoms with van der Waals surface area (Å²) in [5.74, 6) is -0.761. The molecule has 0 bridgehead atoms. The van der Waals surface area contributed by atoms with Crippen LogP contribution in [0.25, 0.3) is 0 Å². The Balaban J connectivity index is 0.000000289. The zero-order valence-electron chi connectivity index (χ0n) is 13.9. The van der Waals surface area contributed by atoms with Gasteiger partial charge < -0.3 is 10.3 Å². The summed E-state index contributed by atoms with van der Waals surface area (Å²) < 4.78 is 29.6. The van der Waals surface area contributed by atoms with Crippen LogP contribution in [-0.2, 0) is 10.1 Å². The van der Waals surface area contributed by atoms with Crippen LogP contribution in [0.3, 0.4) is 0 Å². The maximum atomic E-state index is 10.9. The third-order valence-electron chi connectivity index (χ3n) is 2.90. The van der Waals surface area contributed by atoms with Crippen molar-refractivity contribution in [3.8, 4) is 5.75 Å². The van der Waals surface area contributed by atoms with Crippen LogP contribution in [-0.4, -0.2) is 35.1 Å². The quantitative estimate of drug-likeness (QED) is 0.143. The van der Waals surface area contributed by atoms with Crippen LogP contribution in [0.4, 0.5) is 0 Å². The van der Waals surface area contributed by atoms with Gasteiger partial charge in [-0.2, -0.15) is 8.42 Å². The molecular formula is C15H16Cl2N4O5S. The third-order valence-corrected chi connectivity index (χ3v) is 4.27. The van der Waals surface area contributed by atoms with Gasteiger partial charge in [0.25, 0.3) is 10.1 Å². The first-order valence-corrected chi connectivity index (χ1v) is 9.22. The molecule has 0 aliphatic rings. The number of halogens is 2. The van der Waals surface area contributed by atoms with E-state index < -0.39 is 16.1 Å². The van der Waals surface area contributed by atoms with E-state index in [0.717, 1.165) is 11.8 Å². The Labute approximate surface area is 165 Å². The van der Waals surface area contributed by atoms with Crippen molar-refractivity contribution in [1.29, 1.82) is 0 Å². The van der Waals surface area contributed by atoms with Gasteiger partial charge in [-0.15, -0.1) is 9.95 Å².